The van der Waals surface area contributed by atoms with E-state index in [1.165, 1.54) is 35.3 Å². The van der Waals surface area contributed by atoms with Gasteiger partial charge in [-0.05, 0) is 30.3 Å². The number of hydrogen-bond donors (Lipinski definition) is 0. The highest BCUT2D eigenvalue weighted by molar-refractivity contribution is 7.12. The molecule has 2 aromatic heterocycles. The van der Waals surface area contributed by atoms with Gasteiger partial charge in [0.15, 0.2) is 5.69 Å². The number of aromatic nitrogens is 3. The quantitative estimate of drug-likeness (QED) is 0.487. The number of halogens is 1. The van der Waals surface area contributed by atoms with Crippen molar-refractivity contribution in [3.05, 3.63) is 77.6 Å². The molecule has 0 aliphatic heterocycles. The van der Waals surface area contributed by atoms with Crippen molar-refractivity contribution in [2.45, 2.75) is 0 Å². The molecular formula is C20H14FN3O2S. The van der Waals surface area contributed by atoms with Crippen molar-refractivity contribution in [2.24, 2.45) is 0 Å². The van der Waals surface area contributed by atoms with Crippen LogP contribution in [0, 0.1) is 5.82 Å². The summed E-state index contributed by atoms with van der Waals surface area (Å²) >= 11 is 1.34. The summed E-state index contributed by atoms with van der Waals surface area (Å²) in [6, 6.07) is 17.3. The Kier molecular flexibility index (Phi) is 4.52. The van der Waals surface area contributed by atoms with Gasteiger partial charge < -0.3 is 4.74 Å². The molecule has 0 spiro atoms. The zero-order valence-corrected chi connectivity index (χ0v) is 15.1. The van der Waals surface area contributed by atoms with Crippen molar-refractivity contribution >= 4 is 17.3 Å². The van der Waals surface area contributed by atoms with Gasteiger partial charge >= 0.3 is 5.97 Å². The second kappa shape index (κ2) is 7.13. The number of ether oxygens (including phenoxy) is 1. The first-order valence-electron chi connectivity index (χ1n) is 8.11. The Morgan fingerprint density at radius 1 is 1.04 bits per heavy atom. The Hall–Kier alpha value is -3.32. The molecule has 0 unspecified atom stereocenters. The Balaban J connectivity index is 1.78. The van der Waals surface area contributed by atoms with Crippen LogP contribution in [0.25, 0.3) is 27.6 Å². The van der Waals surface area contributed by atoms with Gasteiger partial charge in [-0.25, -0.2) is 14.2 Å². The predicted molar refractivity (Wildman–Crippen MR) is 101 cm³/mol. The van der Waals surface area contributed by atoms with E-state index in [1.54, 1.807) is 18.2 Å². The summed E-state index contributed by atoms with van der Waals surface area (Å²) in [7, 11) is 1.33. The third-order valence-electron chi connectivity index (χ3n) is 3.99. The van der Waals surface area contributed by atoms with Crippen molar-refractivity contribution in [2.75, 3.05) is 7.11 Å². The molecule has 0 atom stereocenters. The normalized spacial score (nSPS) is 10.7. The minimum atomic E-state index is -0.497. The van der Waals surface area contributed by atoms with E-state index < -0.39 is 5.97 Å². The fraction of sp³-hybridized carbons (Fsp3) is 0.0500. The Morgan fingerprint density at radius 3 is 2.44 bits per heavy atom. The molecule has 4 rings (SSSR count). The van der Waals surface area contributed by atoms with Crippen LogP contribution in [0.3, 0.4) is 0 Å². The van der Waals surface area contributed by atoms with Gasteiger partial charge in [-0.2, -0.15) is 9.78 Å². The van der Waals surface area contributed by atoms with Crippen molar-refractivity contribution in [3.8, 4) is 27.6 Å². The number of methoxy groups -OCH3 is 1. The SMILES string of the molecule is COC(=O)c1cc(-c2ccccc2)nn1-c1nc(-c2ccc(F)cc2)cs1. The molecule has 0 N–H and O–H groups in total. The highest BCUT2D eigenvalue weighted by Crippen LogP contribution is 2.27. The number of carbonyl (C=O) groups is 1. The molecule has 0 fully saturated rings. The van der Waals surface area contributed by atoms with Crippen LogP contribution in [0.5, 0.6) is 0 Å². The van der Waals surface area contributed by atoms with Gasteiger partial charge in [0.2, 0.25) is 5.13 Å². The summed E-state index contributed by atoms with van der Waals surface area (Å²) < 4.78 is 19.5. The molecule has 7 heteroatoms. The fourth-order valence-electron chi connectivity index (χ4n) is 2.64. The number of carbonyl (C=O) groups excluding carboxylic acids is 1. The first-order valence-corrected chi connectivity index (χ1v) is 8.99. The predicted octanol–water partition coefficient (Wildman–Crippen LogP) is 4.59. The molecule has 0 amide bonds. The average molecular weight is 379 g/mol. The number of benzene rings is 2. The average Bonchev–Trinajstić information content (AvgIpc) is 3.36. The number of thiazole rings is 1. The molecule has 0 aliphatic carbocycles. The lowest BCUT2D eigenvalue weighted by atomic mass is 10.1. The summed E-state index contributed by atoms with van der Waals surface area (Å²) in [4.78, 5) is 16.8. The Bertz CT molecular complexity index is 1090. The molecule has 134 valence electrons. The summed E-state index contributed by atoms with van der Waals surface area (Å²) in [6.45, 7) is 0. The number of esters is 1. The second-order valence-corrected chi connectivity index (χ2v) is 6.54. The van der Waals surface area contributed by atoms with Crippen LogP contribution in [0.1, 0.15) is 10.5 Å². The number of hydrogen-bond acceptors (Lipinski definition) is 5. The zero-order chi connectivity index (χ0) is 18.8. The molecule has 0 bridgehead atoms. The summed E-state index contributed by atoms with van der Waals surface area (Å²) in [5.41, 5.74) is 3.29. The van der Waals surface area contributed by atoms with E-state index in [0.717, 1.165) is 11.1 Å². The number of rotatable bonds is 4. The van der Waals surface area contributed by atoms with Gasteiger partial charge in [-0.3, -0.25) is 0 Å². The molecule has 0 saturated heterocycles. The van der Waals surface area contributed by atoms with E-state index in [2.05, 4.69) is 10.1 Å². The van der Waals surface area contributed by atoms with Crippen LogP contribution in [0.2, 0.25) is 0 Å². The fourth-order valence-corrected chi connectivity index (χ4v) is 3.44. The van der Waals surface area contributed by atoms with Gasteiger partial charge in [-0.15, -0.1) is 11.3 Å². The van der Waals surface area contributed by atoms with E-state index in [0.29, 0.717) is 16.5 Å². The van der Waals surface area contributed by atoms with Crippen LogP contribution >= 0.6 is 11.3 Å². The van der Waals surface area contributed by atoms with Crippen molar-refractivity contribution in [1.29, 1.82) is 0 Å². The lowest BCUT2D eigenvalue weighted by Crippen LogP contribution is -2.10. The maximum atomic E-state index is 13.1. The van der Waals surface area contributed by atoms with Crippen LogP contribution in [0.4, 0.5) is 4.39 Å². The Labute approximate surface area is 158 Å². The highest BCUT2D eigenvalue weighted by atomic mass is 32.1. The van der Waals surface area contributed by atoms with Gasteiger partial charge in [0, 0.05) is 16.5 Å². The van der Waals surface area contributed by atoms with Crippen molar-refractivity contribution in [1.82, 2.24) is 14.8 Å². The number of nitrogens with zero attached hydrogens (tertiary/aromatic N) is 3. The molecule has 0 saturated carbocycles. The molecule has 4 aromatic rings. The summed E-state index contributed by atoms with van der Waals surface area (Å²) in [6.07, 6.45) is 0. The lowest BCUT2D eigenvalue weighted by Gasteiger charge is -2.01. The monoisotopic (exact) mass is 379 g/mol. The zero-order valence-electron chi connectivity index (χ0n) is 14.3. The molecule has 2 aromatic carbocycles. The minimum absolute atomic E-state index is 0.288. The molecule has 2 heterocycles. The molecule has 0 aliphatic rings. The van der Waals surface area contributed by atoms with Gasteiger partial charge in [0.1, 0.15) is 5.82 Å². The standard InChI is InChI=1S/C20H14FN3O2S/c1-26-19(25)18-11-16(13-5-3-2-4-6-13)23-24(18)20-22-17(12-27-20)14-7-9-15(21)10-8-14/h2-12H,1H3. The molecular weight excluding hydrogens is 365 g/mol. The Morgan fingerprint density at radius 2 is 1.74 bits per heavy atom. The van der Waals surface area contributed by atoms with Crippen molar-refractivity contribution < 1.29 is 13.9 Å². The molecule has 0 radical (unpaired) electrons. The minimum Gasteiger partial charge on any atom is -0.464 e. The van der Waals surface area contributed by atoms with E-state index in [1.807, 2.05) is 35.7 Å². The first-order chi connectivity index (χ1) is 13.2. The van der Waals surface area contributed by atoms with E-state index in [9.17, 15) is 9.18 Å². The van der Waals surface area contributed by atoms with Crippen LogP contribution in [-0.4, -0.2) is 27.8 Å². The molecule has 5 nitrogen and oxygen atoms in total. The third kappa shape index (κ3) is 3.37. The van der Waals surface area contributed by atoms with E-state index >= 15 is 0 Å². The lowest BCUT2D eigenvalue weighted by molar-refractivity contribution is 0.0590. The topological polar surface area (TPSA) is 57.0 Å². The van der Waals surface area contributed by atoms with E-state index in [-0.39, 0.29) is 11.5 Å². The highest BCUT2D eigenvalue weighted by Gasteiger charge is 2.20. The van der Waals surface area contributed by atoms with Gasteiger partial charge in [0.05, 0.1) is 18.5 Å². The molecule has 27 heavy (non-hydrogen) atoms. The van der Waals surface area contributed by atoms with Crippen LogP contribution in [0.15, 0.2) is 66.0 Å². The third-order valence-corrected chi connectivity index (χ3v) is 4.80. The largest absolute Gasteiger partial charge is 0.464 e. The maximum absolute atomic E-state index is 13.1. The van der Waals surface area contributed by atoms with Crippen LogP contribution < -0.4 is 0 Å². The first kappa shape index (κ1) is 17.1. The second-order valence-electron chi connectivity index (χ2n) is 5.71. The van der Waals surface area contributed by atoms with Gasteiger partial charge in [0.25, 0.3) is 0 Å². The van der Waals surface area contributed by atoms with E-state index in [4.69, 9.17) is 4.74 Å². The smallest absolute Gasteiger partial charge is 0.356 e. The van der Waals surface area contributed by atoms with Crippen LogP contribution in [-0.2, 0) is 4.74 Å². The maximum Gasteiger partial charge on any atom is 0.356 e. The summed E-state index contributed by atoms with van der Waals surface area (Å²) in [5, 5.41) is 6.91. The summed E-state index contributed by atoms with van der Waals surface area (Å²) in [5.74, 6) is -0.801. The van der Waals surface area contributed by atoms with Gasteiger partial charge in [-0.1, -0.05) is 30.3 Å². The van der Waals surface area contributed by atoms with Crippen molar-refractivity contribution in [3.63, 3.8) is 0 Å².